The Kier molecular flexibility index (Phi) is 11.7. The van der Waals surface area contributed by atoms with Crippen molar-refractivity contribution in [2.45, 2.75) is 117 Å². The van der Waals surface area contributed by atoms with Gasteiger partial charge >= 0.3 is 0 Å². The van der Waals surface area contributed by atoms with Crippen LogP contribution in [0, 0.1) is 18.8 Å². The van der Waals surface area contributed by atoms with Crippen molar-refractivity contribution >= 4 is 44.6 Å². The molecule has 1 aliphatic rings. The first-order valence-corrected chi connectivity index (χ1v) is 22.9. The van der Waals surface area contributed by atoms with Crippen LogP contribution in [0.5, 0.6) is 0 Å². The van der Waals surface area contributed by atoms with Gasteiger partial charge < -0.3 is 14.4 Å². The molecule has 2 aromatic heterocycles. The van der Waals surface area contributed by atoms with Gasteiger partial charge in [0.2, 0.25) is 0 Å². The normalized spacial score (nSPS) is 13.7. The molecule has 0 saturated carbocycles. The van der Waals surface area contributed by atoms with Crippen LogP contribution in [0.25, 0.3) is 27.6 Å². The number of hydrogen-bond donors (Lipinski definition) is 0. The first-order valence-electron chi connectivity index (χ1n) is 22.9. The average molecular weight is 1040 g/mol. The number of aromatic nitrogens is 2. The molecule has 3 heterocycles. The standard InChI is InChI=1S/C60H63N4.Pt/c1-56(2,3)41-30-31-61-55(38-41)64-51-29-27-43(59(10,11)40-20-15-14-16-21-40)36-50(51)49-28-26-44(37-54(49)64)60(12,13)42-22-19-23-47(33-42)62-39-63(53-25-18-17-24-52(53)62)48-34-45(57(4,5)6)32-46(35-48)58(7,8)9;/h14-32,34-36,38-39H,1-13H3;/q-3;. The first kappa shape index (κ1) is 46.1. The summed E-state index contributed by atoms with van der Waals surface area (Å²) >= 11 is 0. The van der Waals surface area contributed by atoms with Gasteiger partial charge in [0.25, 0.3) is 0 Å². The second-order valence-corrected chi connectivity index (χ2v) is 22.0. The molecule has 6 aromatic carbocycles. The smallest absolute Gasteiger partial charge is 0.135 e. The molecule has 65 heavy (non-hydrogen) atoms. The quantitative estimate of drug-likeness (QED) is 0.149. The maximum atomic E-state index is 5.02. The SMILES string of the molecule is CC(C)(C)c1cc(N2[CH-]N(c3[c-]c(C(C)(C)c4[c-]c5c(cc4)c4cc(C(C)(C)c6ccccc6)ccc4n5-c4cc(C(C)(C)C)ccn4)ccc3)c3ccccc32)cc(C(C)(C)C)c1.[Pt]. The number of anilines is 4. The molecule has 0 spiro atoms. The fourth-order valence-electron chi connectivity index (χ4n) is 9.20. The van der Waals surface area contributed by atoms with Gasteiger partial charge in [0, 0.05) is 55.3 Å². The Morgan fingerprint density at radius 2 is 1.08 bits per heavy atom. The fourth-order valence-corrected chi connectivity index (χ4v) is 9.20. The van der Waals surface area contributed by atoms with Gasteiger partial charge in [-0.25, -0.2) is 4.98 Å². The predicted molar refractivity (Wildman–Crippen MR) is 271 cm³/mol. The number of hydrogen-bond acceptors (Lipinski definition) is 3. The molecule has 0 amide bonds. The van der Waals surface area contributed by atoms with E-state index in [0.717, 1.165) is 50.4 Å². The van der Waals surface area contributed by atoms with Crippen LogP contribution < -0.4 is 9.80 Å². The van der Waals surface area contributed by atoms with Gasteiger partial charge in [-0.05, 0) is 97.3 Å². The summed E-state index contributed by atoms with van der Waals surface area (Å²) in [6.45, 7) is 32.1. The summed E-state index contributed by atoms with van der Waals surface area (Å²) in [5.41, 5.74) is 14.6. The molecule has 0 unspecified atom stereocenters. The third kappa shape index (κ3) is 8.37. The van der Waals surface area contributed by atoms with Crippen LogP contribution in [0.1, 0.15) is 129 Å². The van der Waals surface area contributed by atoms with Crippen LogP contribution in [0.3, 0.4) is 0 Å². The van der Waals surface area contributed by atoms with Crippen LogP contribution in [0.15, 0.2) is 140 Å². The summed E-state index contributed by atoms with van der Waals surface area (Å²) in [5.74, 6) is 0.901. The Morgan fingerprint density at radius 3 is 1.72 bits per heavy atom. The van der Waals surface area contributed by atoms with E-state index in [1.165, 1.54) is 38.9 Å². The second-order valence-electron chi connectivity index (χ2n) is 22.0. The minimum atomic E-state index is -0.436. The molecule has 8 aromatic rings. The zero-order valence-corrected chi connectivity index (χ0v) is 42.7. The van der Waals surface area contributed by atoms with Crippen molar-refractivity contribution in [1.82, 2.24) is 9.55 Å². The zero-order chi connectivity index (χ0) is 45.6. The van der Waals surface area contributed by atoms with Crippen molar-refractivity contribution in [3.63, 3.8) is 0 Å². The number of rotatable bonds is 7. The van der Waals surface area contributed by atoms with Crippen molar-refractivity contribution in [1.29, 1.82) is 0 Å². The average Bonchev–Trinajstić information content (AvgIpc) is 3.81. The zero-order valence-electron chi connectivity index (χ0n) is 40.5. The third-order valence-corrected chi connectivity index (χ3v) is 13.7. The summed E-state index contributed by atoms with van der Waals surface area (Å²) in [7, 11) is 0. The van der Waals surface area contributed by atoms with Crippen LogP contribution >= 0.6 is 0 Å². The Labute approximate surface area is 403 Å². The molecular weight excluding hydrogens is 972 g/mol. The molecule has 336 valence electrons. The Hall–Kier alpha value is -5.44. The van der Waals surface area contributed by atoms with Gasteiger partial charge in [-0.2, -0.15) is 53.6 Å². The first-order chi connectivity index (χ1) is 30.1. The number of fused-ring (bicyclic) bond motifs is 4. The van der Waals surface area contributed by atoms with Crippen molar-refractivity contribution in [3.05, 3.63) is 197 Å². The number of para-hydroxylation sites is 2. The fraction of sp³-hybridized carbons (Fsp3) is 0.300. The van der Waals surface area contributed by atoms with E-state index < -0.39 is 5.41 Å². The second kappa shape index (κ2) is 16.5. The Morgan fingerprint density at radius 1 is 0.462 bits per heavy atom. The van der Waals surface area contributed by atoms with E-state index >= 15 is 0 Å². The van der Waals surface area contributed by atoms with Crippen LogP contribution in [0.2, 0.25) is 0 Å². The van der Waals surface area contributed by atoms with E-state index in [1.807, 2.05) is 6.20 Å². The molecule has 9 rings (SSSR count). The monoisotopic (exact) mass is 1030 g/mol. The van der Waals surface area contributed by atoms with E-state index in [9.17, 15) is 0 Å². The molecule has 4 nitrogen and oxygen atoms in total. The van der Waals surface area contributed by atoms with Crippen LogP contribution in [-0.4, -0.2) is 9.55 Å². The molecule has 0 aliphatic carbocycles. The van der Waals surface area contributed by atoms with Crippen molar-refractivity contribution in [2.24, 2.45) is 0 Å². The van der Waals surface area contributed by atoms with Crippen LogP contribution in [-0.2, 0) is 48.1 Å². The van der Waals surface area contributed by atoms with Crippen LogP contribution in [0.4, 0.5) is 22.7 Å². The van der Waals surface area contributed by atoms with Gasteiger partial charge in [-0.3, -0.25) is 0 Å². The predicted octanol–water partition coefficient (Wildman–Crippen LogP) is 15.7. The summed E-state index contributed by atoms with van der Waals surface area (Å²) in [4.78, 5) is 9.67. The van der Waals surface area contributed by atoms with E-state index in [2.05, 4.69) is 257 Å². The molecule has 0 radical (unpaired) electrons. The summed E-state index contributed by atoms with van der Waals surface area (Å²) in [5, 5.41) is 2.36. The molecule has 1 aliphatic heterocycles. The maximum absolute atomic E-state index is 5.02. The topological polar surface area (TPSA) is 24.3 Å². The van der Waals surface area contributed by atoms with Gasteiger partial charge in [0.1, 0.15) is 5.82 Å². The van der Waals surface area contributed by atoms with Crippen molar-refractivity contribution < 1.29 is 21.1 Å². The van der Waals surface area contributed by atoms with E-state index in [0.29, 0.717) is 0 Å². The molecule has 0 atom stereocenters. The van der Waals surface area contributed by atoms with Gasteiger partial charge in [-0.15, -0.1) is 17.7 Å². The van der Waals surface area contributed by atoms with Crippen molar-refractivity contribution in [3.8, 4) is 5.82 Å². The van der Waals surface area contributed by atoms with E-state index in [-0.39, 0.29) is 42.7 Å². The number of nitrogens with zero attached hydrogens (tertiary/aromatic N) is 4. The Bertz CT molecular complexity index is 3010. The van der Waals surface area contributed by atoms with Crippen molar-refractivity contribution in [2.75, 3.05) is 9.80 Å². The molecule has 0 bridgehead atoms. The maximum Gasteiger partial charge on any atom is 0.135 e. The largest absolute Gasteiger partial charge is 0.493 e. The van der Waals surface area contributed by atoms with E-state index in [1.54, 1.807) is 0 Å². The summed E-state index contributed by atoms with van der Waals surface area (Å²) in [6, 6.07) is 57.1. The van der Waals surface area contributed by atoms with Gasteiger partial charge in [-0.1, -0.05) is 156 Å². The summed E-state index contributed by atoms with van der Waals surface area (Å²) in [6.07, 6.45) is 1.95. The third-order valence-electron chi connectivity index (χ3n) is 13.7. The minimum Gasteiger partial charge on any atom is -0.493 e. The number of benzene rings is 6. The molecular formula is C60H63N4Pt-3. The molecule has 5 heteroatoms. The number of pyridine rings is 1. The Balaban J connectivity index is 0.00000576. The van der Waals surface area contributed by atoms with Gasteiger partial charge in [0.05, 0.1) is 0 Å². The summed E-state index contributed by atoms with van der Waals surface area (Å²) < 4.78 is 2.32. The molecule has 0 N–H and O–H groups in total. The molecule has 0 fully saturated rings. The van der Waals surface area contributed by atoms with Gasteiger partial charge in [0.15, 0.2) is 0 Å². The van der Waals surface area contributed by atoms with E-state index in [4.69, 9.17) is 4.98 Å². The minimum absolute atomic E-state index is 0. The molecule has 0 saturated heterocycles.